The highest BCUT2D eigenvalue weighted by Crippen LogP contribution is 2.22. The van der Waals surface area contributed by atoms with Gasteiger partial charge in [-0.1, -0.05) is 0 Å². The molecule has 3 heterocycles. The summed E-state index contributed by atoms with van der Waals surface area (Å²) in [5.41, 5.74) is 1.38. The average Bonchev–Trinajstić information content (AvgIpc) is 3.30. The van der Waals surface area contributed by atoms with E-state index in [1.807, 2.05) is 19.1 Å². The molecule has 1 aromatic heterocycles. The Morgan fingerprint density at radius 1 is 0.862 bits per heavy atom. The fourth-order valence-electron chi connectivity index (χ4n) is 3.73. The van der Waals surface area contributed by atoms with E-state index in [0.29, 0.717) is 44.8 Å². The van der Waals surface area contributed by atoms with Crippen LogP contribution in [-0.2, 0) is 10.0 Å². The van der Waals surface area contributed by atoms with E-state index in [1.54, 1.807) is 29.2 Å². The molecule has 2 aliphatic heterocycles. The summed E-state index contributed by atoms with van der Waals surface area (Å²) < 4.78 is 26.8. The van der Waals surface area contributed by atoms with Gasteiger partial charge in [-0.15, -0.1) is 5.10 Å². The third-order valence-electron chi connectivity index (χ3n) is 5.48. The Morgan fingerprint density at radius 2 is 1.52 bits per heavy atom. The van der Waals surface area contributed by atoms with Crippen LogP contribution < -0.4 is 4.90 Å². The van der Waals surface area contributed by atoms with Crippen LogP contribution in [0.25, 0.3) is 0 Å². The van der Waals surface area contributed by atoms with Gasteiger partial charge in [0, 0.05) is 44.8 Å². The number of nitrogens with zero attached hydrogens (tertiary/aromatic N) is 5. The lowest BCUT2D eigenvalue weighted by molar-refractivity contribution is 0.0746. The first-order valence-corrected chi connectivity index (χ1v) is 11.3. The maximum absolute atomic E-state index is 12.8. The molecule has 1 amide bonds. The molecule has 9 heteroatoms. The van der Waals surface area contributed by atoms with E-state index in [4.69, 9.17) is 0 Å². The van der Waals surface area contributed by atoms with Gasteiger partial charge in [0.2, 0.25) is 10.0 Å². The third kappa shape index (κ3) is 4.11. The third-order valence-corrected chi connectivity index (χ3v) is 7.39. The van der Waals surface area contributed by atoms with Crippen molar-refractivity contribution in [3.63, 3.8) is 0 Å². The standard InChI is InChI=1S/C20H25N5O3S/c1-16-4-9-19(22-21-16)23-12-14-24(15-13-23)20(26)17-5-7-18(8-6-17)29(27,28)25-10-2-3-11-25/h4-9H,2-3,10-15H2,1H3. The quantitative estimate of drug-likeness (QED) is 0.753. The number of carbonyl (C=O) groups is 1. The van der Waals surface area contributed by atoms with Crippen molar-refractivity contribution in [3.05, 3.63) is 47.7 Å². The van der Waals surface area contributed by atoms with Crippen molar-refractivity contribution in [3.8, 4) is 0 Å². The number of piperazine rings is 1. The molecular weight excluding hydrogens is 390 g/mol. The molecule has 1 aromatic carbocycles. The van der Waals surface area contributed by atoms with Crippen molar-refractivity contribution in [2.24, 2.45) is 0 Å². The van der Waals surface area contributed by atoms with Crippen molar-refractivity contribution in [2.45, 2.75) is 24.7 Å². The molecule has 0 bridgehead atoms. The van der Waals surface area contributed by atoms with Crippen LogP contribution in [0.2, 0.25) is 0 Å². The van der Waals surface area contributed by atoms with Gasteiger partial charge in [-0.05, 0) is 56.2 Å². The molecule has 0 aliphatic carbocycles. The molecule has 0 N–H and O–H groups in total. The minimum Gasteiger partial charge on any atom is -0.352 e. The van der Waals surface area contributed by atoms with Crippen molar-refractivity contribution < 1.29 is 13.2 Å². The number of anilines is 1. The second-order valence-electron chi connectivity index (χ2n) is 7.45. The first-order chi connectivity index (χ1) is 13.9. The summed E-state index contributed by atoms with van der Waals surface area (Å²) in [6, 6.07) is 10.2. The predicted molar refractivity (Wildman–Crippen MR) is 109 cm³/mol. The first-order valence-electron chi connectivity index (χ1n) is 9.90. The lowest BCUT2D eigenvalue weighted by Gasteiger charge is -2.35. The Labute approximate surface area is 171 Å². The zero-order chi connectivity index (χ0) is 20.4. The molecular formula is C20H25N5O3S. The van der Waals surface area contributed by atoms with E-state index in [2.05, 4.69) is 15.1 Å². The van der Waals surface area contributed by atoms with Gasteiger partial charge in [-0.2, -0.15) is 9.40 Å². The van der Waals surface area contributed by atoms with Gasteiger partial charge in [0.1, 0.15) is 0 Å². The fourth-order valence-corrected chi connectivity index (χ4v) is 5.25. The number of sulfonamides is 1. The first kappa shape index (κ1) is 19.8. The lowest BCUT2D eigenvalue weighted by atomic mass is 10.2. The zero-order valence-corrected chi connectivity index (χ0v) is 17.3. The van der Waals surface area contributed by atoms with Gasteiger partial charge in [0.25, 0.3) is 5.91 Å². The molecule has 2 fully saturated rings. The maximum atomic E-state index is 12.8. The number of benzene rings is 1. The molecule has 2 aromatic rings. The second kappa shape index (κ2) is 8.08. The molecule has 0 atom stereocenters. The Bertz CT molecular complexity index is 962. The summed E-state index contributed by atoms with van der Waals surface area (Å²) >= 11 is 0. The number of aromatic nitrogens is 2. The number of amides is 1. The van der Waals surface area contributed by atoms with E-state index in [1.165, 1.54) is 4.31 Å². The number of aryl methyl sites for hydroxylation is 1. The van der Waals surface area contributed by atoms with Crippen LogP contribution in [0.15, 0.2) is 41.3 Å². The molecule has 0 unspecified atom stereocenters. The van der Waals surface area contributed by atoms with Crippen molar-refractivity contribution in [2.75, 3.05) is 44.2 Å². The van der Waals surface area contributed by atoms with Gasteiger partial charge in [-0.25, -0.2) is 8.42 Å². The summed E-state index contributed by atoms with van der Waals surface area (Å²) in [5.74, 6) is 0.740. The van der Waals surface area contributed by atoms with Gasteiger partial charge in [0.05, 0.1) is 10.6 Å². The monoisotopic (exact) mass is 415 g/mol. The number of rotatable bonds is 4. The summed E-state index contributed by atoms with van der Waals surface area (Å²) in [7, 11) is -3.46. The maximum Gasteiger partial charge on any atom is 0.253 e. The molecule has 4 rings (SSSR count). The van der Waals surface area contributed by atoms with Crippen molar-refractivity contribution in [1.29, 1.82) is 0 Å². The Kier molecular flexibility index (Phi) is 5.51. The van der Waals surface area contributed by atoms with E-state index >= 15 is 0 Å². The van der Waals surface area contributed by atoms with Crippen LogP contribution in [0.3, 0.4) is 0 Å². The summed E-state index contributed by atoms with van der Waals surface area (Å²) in [5, 5.41) is 8.29. The van der Waals surface area contributed by atoms with E-state index in [0.717, 1.165) is 24.4 Å². The minimum absolute atomic E-state index is 0.0789. The van der Waals surface area contributed by atoms with E-state index in [9.17, 15) is 13.2 Å². The van der Waals surface area contributed by atoms with Gasteiger partial charge in [-0.3, -0.25) is 4.79 Å². The van der Waals surface area contributed by atoms with Crippen LogP contribution in [0.4, 0.5) is 5.82 Å². The molecule has 2 saturated heterocycles. The average molecular weight is 416 g/mol. The van der Waals surface area contributed by atoms with Crippen LogP contribution in [0.1, 0.15) is 28.9 Å². The lowest BCUT2D eigenvalue weighted by Crippen LogP contribution is -2.49. The molecule has 0 spiro atoms. The van der Waals surface area contributed by atoms with E-state index < -0.39 is 10.0 Å². The molecule has 2 aliphatic rings. The molecule has 29 heavy (non-hydrogen) atoms. The highest BCUT2D eigenvalue weighted by Gasteiger charge is 2.28. The van der Waals surface area contributed by atoms with Crippen molar-refractivity contribution >= 4 is 21.7 Å². The highest BCUT2D eigenvalue weighted by atomic mass is 32.2. The minimum atomic E-state index is -3.46. The Morgan fingerprint density at radius 3 is 2.10 bits per heavy atom. The Hall–Kier alpha value is -2.52. The summed E-state index contributed by atoms with van der Waals surface area (Å²) in [6.07, 6.45) is 1.80. The molecule has 8 nitrogen and oxygen atoms in total. The highest BCUT2D eigenvalue weighted by molar-refractivity contribution is 7.89. The smallest absolute Gasteiger partial charge is 0.253 e. The zero-order valence-electron chi connectivity index (χ0n) is 16.5. The molecule has 154 valence electrons. The number of carbonyl (C=O) groups excluding carboxylic acids is 1. The van der Waals surface area contributed by atoms with Gasteiger partial charge in [0.15, 0.2) is 5.82 Å². The van der Waals surface area contributed by atoms with Crippen LogP contribution in [-0.4, -0.2) is 73.0 Å². The fraction of sp³-hybridized carbons (Fsp3) is 0.450. The number of hydrogen-bond acceptors (Lipinski definition) is 6. The van der Waals surface area contributed by atoms with Crippen LogP contribution >= 0.6 is 0 Å². The summed E-state index contributed by atoms with van der Waals surface area (Å²) in [4.78, 5) is 17.0. The van der Waals surface area contributed by atoms with Crippen molar-refractivity contribution in [1.82, 2.24) is 19.4 Å². The Balaban J connectivity index is 1.39. The van der Waals surface area contributed by atoms with Gasteiger partial charge < -0.3 is 9.80 Å². The topological polar surface area (TPSA) is 86.7 Å². The molecule has 0 radical (unpaired) electrons. The van der Waals surface area contributed by atoms with Crippen LogP contribution in [0.5, 0.6) is 0 Å². The van der Waals surface area contributed by atoms with E-state index in [-0.39, 0.29) is 10.8 Å². The SMILES string of the molecule is Cc1ccc(N2CCN(C(=O)c3ccc(S(=O)(=O)N4CCCC4)cc3)CC2)nn1. The van der Waals surface area contributed by atoms with Gasteiger partial charge >= 0.3 is 0 Å². The largest absolute Gasteiger partial charge is 0.352 e. The number of hydrogen-bond donors (Lipinski definition) is 0. The molecule has 0 saturated carbocycles. The second-order valence-corrected chi connectivity index (χ2v) is 9.39. The predicted octanol–water partition coefficient (Wildman–Crippen LogP) is 1.53. The van der Waals surface area contributed by atoms with Crippen LogP contribution in [0, 0.1) is 6.92 Å². The normalized spacial score (nSPS) is 18.2. The summed E-state index contributed by atoms with van der Waals surface area (Å²) in [6.45, 7) is 5.58.